The lowest BCUT2D eigenvalue weighted by Crippen LogP contribution is -2.47. The Morgan fingerprint density at radius 1 is 1.30 bits per heavy atom. The molecule has 5 N–H and O–H groups in total. The largest absolute Gasteiger partial charge is 0.394 e. The van der Waals surface area contributed by atoms with E-state index in [1.54, 1.807) is 0 Å². The van der Waals surface area contributed by atoms with Crippen LogP contribution in [0.1, 0.15) is 21.5 Å². The maximum Gasteiger partial charge on any atom is 0.212 e. The summed E-state index contributed by atoms with van der Waals surface area (Å²) in [5, 5.41) is 0. The molecule has 1 aromatic carbocycles. The fourth-order valence-electron chi connectivity index (χ4n) is 2.72. The van der Waals surface area contributed by atoms with Crippen LogP contribution in [0.15, 0.2) is 41.7 Å². The predicted molar refractivity (Wildman–Crippen MR) is 73.1 cm³/mol. The zero-order valence-electron chi connectivity index (χ0n) is 11.1. The van der Waals surface area contributed by atoms with Gasteiger partial charge in [0.2, 0.25) is 5.78 Å². The molecule has 5 heteroatoms. The molecule has 5 nitrogen and oxygen atoms in total. The van der Waals surface area contributed by atoms with E-state index in [2.05, 4.69) is 12.3 Å². The number of Topliss-reactive ketones (excluding diaryl/α,β-unsaturated/α-hetero) is 2. The van der Waals surface area contributed by atoms with E-state index in [0.717, 1.165) is 16.7 Å². The molecule has 1 heterocycles. The van der Waals surface area contributed by atoms with Gasteiger partial charge in [-0.15, -0.1) is 0 Å². The zero-order chi connectivity index (χ0) is 14.4. The van der Waals surface area contributed by atoms with Gasteiger partial charge in [0.1, 0.15) is 5.70 Å². The monoisotopic (exact) mass is 270 g/mol. The molecule has 0 saturated heterocycles. The quantitative estimate of drug-likeness (QED) is 0.724. The van der Waals surface area contributed by atoms with Crippen molar-refractivity contribution >= 4 is 11.6 Å². The van der Waals surface area contributed by atoms with Gasteiger partial charge in [-0.3, -0.25) is 9.59 Å². The third-order valence-corrected chi connectivity index (χ3v) is 3.83. The molecule has 0 unspecified atom stereocenters. The highest BCUT2D eigenvalue weighted by Gasteiger charge is 2.36. The summed E-state index contributed by atoms with van der Waals surface area (Å²) in [5.74, 6) is -0.181. The second kappa shape index (κ2) is 4.31. The highest BCUT2D eigenvalue weighted by molar-refractivity contribution is 6.18. The number of carbonyl (C=O) groups excluding carboxylic acids is 2. The molecule has 0 fully saturated rings. The highest BCUT2D eigenvalue weighted by atomic mass is 16.1. The predicted octanol–water partition coefficient (Wildman–Crippen LogP) is -0.264. The van der Waals surface area contributed by atoms with Crippen LogP contribution in [-0.4, -0.2) is 23.0 Å². The molecule has 2 aliphatic rings. The fraction of sp³-hybridized carbons (Fsp3) is 0.200. The number of allylic oxidation sites excluding steroid dienone is 2. The minimum atomic E-state index is -0.218. The molecule has 20 heavy (non-hydrogen) atoms. The number of hydrogen-bond donors (Lipinski definition) is 2. The van der Waals surface area contributed by atoms with E-state index >= 15 is 0 Å². The van der Waals surface area contributed by atoms with E-state index < -0.39 is 0 Å². The van der Waals surface area contributed by atoms with Crippen LogP contribution in [0.4, 0.5) is 0 Å². The molecule has 0 radical (unpaired) electrons. The molecule has 1 aromatic rings. The minimum absolute atomic E-state index is 0.0364. The molecule has 102 valence electrons. The average Bonchev–Trinajstić information content (AvgIpc) is 2.46. The van der Waals surface area contributed by atoms with E-state index in [1.807, 2.05) is 23.1 Å². The van der Waals surface area contributed by atoms with Crippen LogP contribution in [0, 0.1) is 0 Å². The number of nitrogens with two attached hydrogens (primary N) is 1. The molecule has 0 atom stereocenters. The summed E-state index contributed by atoms with van der Waals surface area (Å²) in [6, 6.07) is 5.78. The first kappa shape index (κ1) is 12.6. The Bertz CT molecular complexity index is 688. The lowest BCUT2D eigenvalue weighted by Gasteiger charge is -2.36. The van der Waals surface area contributed by atoms with Crippen molar-refractivity contribution in [2.75, 3.05) is 6.54 Å². The Kier molecular flexibility index (Phi) is 2.72. The Labute approximate surface area is 116 Å². The van der Waals surface area contributed by atoms with Gasteiger partial charge in [-0.2, -0.15) is 0 Å². The molecular weight excluding hydrogens is 254 g/mol. The van der Waals surface area contributed by atoms with Gasteiger partial charge in [-0.05, 0) is 11.6 Å². The van der Waals surface area contributed by atoms with Gasteiger partial charge in [0.25, 0.3) is 0 Å². The van der Waals surface area contributed by atoms with Crippen LogP contribution in [0.25, 0.3) is 0 Å². The van der Waals surface area contributed by atoms with Crippen LogP contribution in [0.3, 0.4) is 0 Å². The molecule has 1 aliphatic carbocycles. The topological polar surface area (TPSA) is 91.0 Å². The van der Waals surface area contributed by atoms with E-state index in [0.29, 0.717) is 24.4 Å². The van der Waals surface area contributed by atoms with Gasteiger partial charge in [0.15, 0.2) is 5.78 Å². The maximum atomic E-state index is 12.2. The first-order chi connectivity index (χ1) is 9.52. The average molecular weight is 270 g/mol. The smallest absolute Gasteiger partial charge is 0.212 e. The van der Waals surface area contributed by atoms with Crippen molar-refractivity contribution in [1.29, 1.82) is 0 Å². The number of carbonyl (C=O) groups is 2. The second-order valence-corrected chi connectivity index (χ2v) is 5.09. The minimum Gasteiger partial charge on any atom is -0.394 e. The molecule has 0 spiro atoms. The van der Waals surface area contributed by atoms with Crippen molar-refractivity contribution in [3.05, 3.63) is 58.4 Å². The Morgan fingerprint density at radius 3 is 2.70 bits per heavy atom. The normalized spacial score (nSPS) is 18.2. The zero-order valence-corrected chi connectivity index (χ0v) is 11.1. The molecule has 0 amide bonds. The third-order valence-electron chi connectivity index (χ3n) is 3.83. The van der Waals surface area contributed by atoms with Gasteiger partial charge in [-0.25, -0.2) is 0 Å². The number of hydrogen-bond acceptors (Lipinski definition) is 4. The van der Waals surface area contributed by atoms with Gasteiger partial charge in [0.05, 0.1) is 18.8 Å². The number of rotatable bonds is 2. The summed E-state index contributed by atoms with van der Waals surface area (Å²) in [4.78, 5) is 25.5. The van der Waals surface area contributed by atoms with E-state index in [-0.39, 0.29) is 23.8 Å². The highest BCUT2D eigenvalue weighted by Crippen LogP contribution is 2.33. The van der Waals surface area contributed by atoms with Gasteiger partial charge < -0.3 is 16.4 Å². The molecule has 0 saturated carbocycles. The Balaban J connectivity index is 1.98. The lowest BCUT2D eigenvalue weighted by atomic mass is 9.89. The van der Waals surface area contributed by atoms with Crippen LogP contribution in [-0.2, 0) is 17.9 Å². The van der Waals surface area contributed by atoms with E-state index in [1.165, 1.54) is 0 Å². The van der Waals surface area contributed by atoms with Crippen LogP contribution < -0.4 is 11.5 Å². The second-order valence-electron chi connectivity index (χ2n) is 5.09. The maximum absolute atomic E-state index is 12.2. The number of ketones is 2. The van der Waals surface area contributed by atoms with Gasteiger partial charge in [-0.1, -0.05) is 18.7 Å². The summed E-state index contributed by atoms with van der Waals surface area (Å²) in [7, 11) is 0. The fourth-order valence-corrected chi connectivity index (χ4v) is 2.72. The van der Waals surface area contributed by atoms with Crippen molar-refractivity contribution in [1.82, 2.24) is 4.90 Å². The molecule has 1 aliphatic heterocycles. The first-order valence-corrected chi connectivity index (χ1v) is 6.46. The number of benzene rings is 1. The van der Waals surface area contributed by atoms with Crippen molar-refractivity contribution in [3.8, 4) is 0 Å². The summed E-state index contributed by atoms with van der Waals surface area (Å²) in [6.45, 7) is 5.19. The van der Waals surface area contributed by atoms with Crippen LogP contribution in [0.2, 0.25) is 0 Å². The Hall–Kier alpha value is -2.40. The van der Waals surface area contributed by atoms with Crippen molar-refractivity contribution in [2.24, 2.45) is 5.73 Å². The number of nitrogens with zero attached hydrogens (tertiary/aromatic N) is 1. The van der Waals surface area contributed by atoms with Gasteiger partial charge >= 0.3 is 0 Å². The van der Waals surface area contributed by atoms with Crippen molar-refractivity contribution in [3.63, 3.8) is 0 Å². The lowest BCUT2D eigenvalue weighted by molar-refractivity contribution is -0.386. The SMILES string of the molecule is C=C1C(=O)C(N)=C1N1CC(=O)c2ccc(C[NH3+])cc2C1. The van der Waals surface area contributed by atoms with Crippen LogP contribution >= 0.6 is 0 Å². The molecule has 0 aromatic heterocycles. The van der Waals surface area contributed by atoms with Crippen molar-refractivity contribution < 1.29 is 15.3 Å². The van der Waals surface area contributed by atoms with Crippen molar-refractivity contribution in [2.45, 2.75) is 13.1 Å². The molecule has 0 bridgehead atoms. The Morgan fingerprint density at radius 2 is 2.05 bits per heavy atom. The number of quaternary nitrogens is 1. The first-order valence-electron chi connectivity index (χ1n) is 6.46. The molecule has 3 rings (SSSR count). The van der Waals surface area contributed by atoms with Gasteiger partial charge in [0, 0.05) is 23.2 Å². The standard InChI is InChI=1S/C15H15N3O2/c1-8-14(13(17)15(8)20)18-6-10-4-9(5-16)2-3-11(10)12(19)7-18/h2-4H,1,5-7,16-17H2/p+1. The summed E-state index contributed by atoms with van der Waals surface area (Å²) in [5.41, 5.74) is 13.6. The summed E-state index contributed by atoms with van der Waals surface area (Å²) < 4.78 is 0. The summed E-state index contributed by atoms with van der Waals surface area (Å²) >= 11 is 0. The third kappa shape index (κ3) is 1.67. The summed E-state index contributed by atoms with van der Waals surface area (Å²) in [6.07, 6.45) is 0. The molecular formula is C15H16N3O2+. The van der Waals surface area contributed by atoms with Crippen LogP contribution in [0.5, 0.6) is 0 Å². The number of fused-ring (bicyclic) bond motifs is 1. The van der Waals surface area contributed by atoms with E-state index in [9.17, 15) is 9.59 Å². The van der Waals surface area contributed by atoms with E-state index in [4.69, 9.17) is 5.73 Å².